The minimum absolute atomic E-state index is 0.0455. The average molecular weight is 486 g/mol. The van der Waals surface area contributed by atoms with Crippen molar-refractivity contribution in [1.29, 1.82) is 0 Å². The van der Waals surface area contributed by atoms with Crippen molar-refractivity contribution in [2.24, 2.45) is 4.99 Å². The predicted molar refractivity (Wildman–Crippen MR) is 135 cm³/mol. The maximum Gasteiger partial charge on any atom is 0.338 e. The number of para-hydroxylation sites is 1. The Morgan fingerprint density at radius 2 is 1.86 bits per heavy atom. The Bertz CT molecular complexity index is 1580. The van der Waals surface area contributed by atoms with Gasteiger partial charge in [0.25, 0.3) is 11.5 Å². The molecule has 2 aromatic carbocycles. The molecule has 1 atom stereocenters. The summed E-state index contributed by atoms with van der Waals surface area (Å²) in [6, 6.07) is 16.0. The first kappa shape index (κ1) is 22.7. The minimum Gasteiger partial charge on any atom is -0.458 e. The second-order valence-electron chi connectivity index (χ2n) is 8.14. The third-order valence-corrected chi connectivity index (χ3v) is 7.18. The number of allylic oxidation sites excluding steroid dienone is 1. The quantitative estimate of drug-likeness (QED) is 0.411. The topological polar surface area (TPSA) is 81.0 Å². The number of amides is 1. The lowest BCUT2D eigenvalue weighted by Gasteiger charge is -2.24. The second-order valence-corrected chi connectivity index (χ2v) is 9.12. The van der Waals surface area contributed by atoms with Gasteiger partial charge < -0.3 is 9.64 Å². The van der Waals surface area contributed by atoms with E-state index in [0.717, 1.165) is 16.8 Å². The van der Waals surface area contributed by atoms with Gasteiger partial charge >= 0.3 is 5.97 Å². The predicted octanol–water partition coefficient (Wildman–Crippen LogP) is 2.70. The van der Waals surface area contributed by atoms with Gasteiger partial charge in [-0.05, 0) is 25.5 Å². The van der Waals surface area contributed by atoms with Gasteiger partial charge in [0.1, 0.15) is 11.1 Å². The van der Waals surface area contributed by atoms with Gasteiger partial charge in [-0.3, -0.25) is 14.2 Å². The van der Waals surface area contributed by atoms with Crippen molar-refractivity contribution < 1.29 is 14.3 Å². The van der Waals surface area contributed by atoms with Gasteiger partial charge in [-0.15, -0.1) is 0 Å². The van der Waals surface area contributed by atoms with Crippen LogP contribution in [0.15, 0.2) is 88.3 Å². The van der Waals surface area contributed by atoms with E-state index in [1.165, 1.54) is 22.0 Å². The first-order chi connectivity index (χ1) is 17.0. The number of benzene rings is 2. The Balaban J connectivity index is 1.80. The van der Waals surface area contributed by atoms with Crippen LogP contribution in [0.5, 0.6) is 0 Å². The number of aromatic nitrogens is 1. The summed E-state index contributed by atoms with van der Waals surface area (Å²) < 4.78 is 7.17. The van der Waals surface area contributed by atoms with E-state index in [4.69, 9.17) is 4.74 Å². The zero-order valence-electron chi connectivity index (χ0n) is 19.4. The summed E-state index contributed by atoms with van der Waals surface area (Å²) in [5.41, 5.74) is 3.02. The largest absolute Gasteiger partial charge is 0.458 e. The van der Waals surface area contributed by atoms with E-state index in [0.29, 0.717) is 27.1 Å². The monoisotopic (exact) mass is 485 g/mol. The molecule has 0 aliphatic carbocycles. The van der Waals surface area contributed by atoms with Crippen molar-refractivity contribution in [2.75, 3.05) is 18.1 Å². The highest BCUT2D eigenvalue weighted by Gasteiger charge is 2.36. The van der Waals surface area contributed by atoms with Gasteiger partial charge in [0.05, 0.1) is 28.6 Å². The van der Waals surface area contributed by atoms with Crippen molar-refractivity contribution in [2.45, 2.75) is 19.9 Å². The van der Waals surface area contributed by atoms with E-state index in [1.54, 1.807) is 11.8 Å². The van der Waals surface area contributed by atoms with Crippen LogP contribution >= 0.6 is 11.3 Å². The maximum absolute atomic E-state index is 14.0. The smallest absolute Gasteiger partial charge is 0.338 e. The van der Waals surface area contributed by atoms with Crippen LogP contribution in [-0.4, -0.2) is 29.6 Å². The third-order valence-electron chi connectivity index (χ3n) is 6.13. The summed E-state index contributed by atoms with van der Waals surface area (Å²) >= 11 is 1.17. The van der Waals surface area contributed by atoms with E-state index in [2.05, 4.69) is 11.6 Å². The molecule has 0 spiro atoms. The molecule has 3 aromatic rings. The number of hydrogen-bond donors (Lipinski definition) is 0. The Labute approximate surface area is 205 Å². The molecule has 8 heteroatoms. The van der Waals surface area contributed by atoms with Crippen LogP contribution in [0.25, 0.3) is 5.57 Å². The molecule has 0 saturated heterocycles. The lowest BCUT2D eigenvalue weighted by Crippen LogP contribution is -2.41. The number of nitrogens with zero attached hydrogens (tertiary/aromatic N) is 3. The van der Waals surface area contributed by atoms with E-state index in [1.807, 2.05) is 61.5 Å². The maximum atomic E-state index is 14.0. The fourth-order valence-electron chi connectivity index (χ4n) is 4.61. The van der Waals surface area contributed by atoms with Crippen LogP contribution in [-0.2, 0) is 14.3 Å². The number of esters is 1. The van der Waals surface area contributed by atoms with Gasteiger partial charge in [-0.25, -0.2) is 9.79 Å². The number of anilines is 1. The van der Waals surface area contributed by atoms with Crippen molar-refractivity contribution in [3.05, 3.63) is 109 Å². The number of fused-ring (bicyclic) bond motifs is 2. The van der Waals surface area contributed by atoms with Crippen LogP contribution < -0.4 is 19.8 Å². The highest BCUT2D eigenvalue weighted by atomic mass is 32.1. The van der Waals surface area contributed by atoms with Gasteiger partial charge in [0.2, 0.25) is 0 Å². The first-order valence-electron chi connectivity index (χ1n) is 11.3. The van der Waals surface area contributed by atoms with Crippen LogP contribution in [0.2, 0.25) is 0 Å². The van der Waals surface area contributed by atoms with E-state index in [-0.39, 0.29) is 23.6 Å². The first-order valence-corrected chi connectivity index (χ1v) is 12.1. The Morgan fingerprint density at radius 3 is 2.57 bits per heavy atom. The van der Waals surface area contributed by atoms with E-state index < -0.39 is 12.0 Å². The van der Waals surface area contributed by atoms with Crippen LogP contribution in [0, 0.1) is 0 Å². The summed E-state index contributed by atoms with van der Waals surface area (Å²) in [4.78, 5) is 47.1. The van der Waals surface area contributed by atoms with Crippen LogP contribution in [0.4, 0.5) is 5.69 Å². The van der Waals surface area contributed by atoms with Crippen molar-refractivity contribution in [1.82, 2.24) is 4.57 Å². The SMILES string of the molecule is C=CCOC(=O)C1=C(C)N=c2s/c(=C3/C(=O)N(CC)c4ccccc43)c(=O)n2[C@@H]1c1ccccc1. The molecule has 3 heterocycles. The number of carbonyl (C=O) groups is 2. The third kappa shape index (κ3) is 3.57. The number of rotatable bonds is 5. The number of ether oxygens (including phenoxy) is 1. The summed E-state index contributed by atoms with van der Waals surface area (Å²) in [6.45, 7) is 7.77. The van der Waals surface area contributed by atoms with Crippen molar-refractivity contribution in [3.63, 3.8) is 0 Å². The molecule has 1 aromatic heterocycles. The van der Waals surface area contributed by atoms with Gasteiger partial charge in [0.15, 0.2) is 4.80 Å². The molecule has 7 nitrogen and oxygen atoms in total. The molecule has 0 radical (unpaired) electrons. The molecule has 0 N–H and O–H groups in total. The standard InChI is InChI=1S/C27H23N3O4S/c1-4-15-34-26(33)20-16(3)28-27-30(22(20)17-11-7-6-8-12-17)25(32)23(35-27)21-18-13-9-10-14-19(18)29(5-2)24(21)31/h4,6-14,22H,1,5,15H2,2-3H3/b23-21+/t22-/m1/s1. The summed E-state index contributed by atoms with van der Waals surface area (Å²) in [7, 11) is 0. The number of carbonyl (C=O) groups excluding carboxylic acids is 2. The number of hydrogen-bond acceptors (Lipinski definition) is 6. The molecular formula is C27H23N3O4S. The molecule has 0 unspecified atom stereocenters. The molecule has 176 valence electrons. The lowest BCUT2D eigenvalue weighted by atomic mass is 9.96. The fourth-order valence-corrected chi connectivity index (χ4v) is 5.75. The minimum atomic E-state index is -0.729. The fraction of sp³-hybridized carbons (Fsp3) is 0.185. The summed E-state index contributed by atoms with van der Waals surface area (Å²) in [6.07, 6.45) is 1.49. The zero-order valence-corrected chi connectivity index (χ0v) is 20.2. The average Bonchev–Trinajstić information content (AvgIpc) is 3.34. The molecule has 1 amide bonds. The molecule has 0 saturated carbocycles. The Morgan fingerprint density at radius 1 is 1.14 bits per heavy atom. The van der Waals surface area contributed by atoms with Crippen LogP contribution in [0.3, 0.4) is 0 Å². The number of likely N-dealkylation sites (N-methyl/N-ethyl adjacent to an activating group) is 1. The van der Waals surface area contributed by atoms with Gasteiger partial charge in [-0.1, -0.05) is 72.5 Å². The summed E-state index contributed by atoms with van der Waals surface area (Å²) in [5, 5.41) is 0. The molecule has 35 heavy (non-hydrogen) atoms. The second kappa shape index (κ2) is 8.96. The van der Waals surface area contributed by atoms with Crippen molar-refractivity contribution >= 4 is 34.5 Å². The highest BCUT2D eigenvalue weighted by Crippen LogP contribution is 2.35. The Hall–Kier alpha value is -4.04. The molecule has 0 bridgehead atoms. The van der Waals surface area contributed by atoms with Gasteiger partial charge in [0, 0.05) is 12.1 Å². The lowest BCUT2D eigenvalue weighted by molar-refractivity contribution is -0.138. The van der Waals surface area contributed by atoms with Crippen LogP contribution in [0.1, 0.15) is 31.0 Å². The summed E-state index contributed by atoms with van der Waals surface area (Å²) in [5.74, 6) is -0.769. The zero-order chi connectivity index (χ0) is 24.7. The van der Waals surface area contributed by atoms with Crippen molar-refractivity contribution in [3.8, 4) is 0 Å². The van der Waals surface area contributed by atoms with E-state index >= 15 is 0 Å². The normalized spacial score (nSPS) is 18.2. The molecule has 0 fully saturated rings. The molecule has 2 aliphatic heterocycles. The molecule has 5 rings (SSSR count). The van der Waals surface area contributed by atoms with Gasteiger partial charge in [-0.2, -0.15) is 0 Å². The molecular weight excluding hydrogens is 462 g/mol. The van der Waals surface area contributed by atoms with E-state index in [9.17, 15) is 14.4 Å². The highest BCUT2D eigenvalue weighted by molar-refractivity contribution is 7.07. The molecule has 2 aliphatic rings. The number of thiazole rings is 1. The Kier molecular flexibility index (Phi) is 5.82.